The average Bonchev–Trinajstić information content (AvgIpc) is 2.41. The Kier molecular flexibility index (Phi) is 7.30. The van der Waals surface area contributed by atoms with Crippen LogP contribution >= 0.6 is 11.6 Å². The molecule has 1 N–H and O–H groups in total. The van der Waals surface area contributed by atoms with Crippen molar-refractivity contribution in [3.05, 3.63) is 34.9 Å². The van der Waals surface area contributed by atoms with Crippen molar-refractivity contribution in [2.45, 2.75) is 13.0 Å². The van der Waals surface area contributed by atoms with Gasteiger partial charge in [-0.25, -0.2) is 0 Å². The molecular weight excluding hydrogens is 262 g/mol. The van der Waals surface area contributed by atoms with Gasteiger partial charge in [-0.1, -0.05) is 29.8 Å². The maximum Gasteiger partial charge on any atom is 0.193 e. The number of halogens is 1. The van der Waals surface area contributed by atoms with Crippen molar-refractivity contribution in [3.63, 3.8) is 0 Å². The Labute approximate surface area is 120 Å². The fourth-order valence-corrected chi connectivity index (χ4v) is 1.95. The number of methoxy groups -OCH3 is 1. The monoisotopic (exact) mass is 283 g/mol. The molecule has 0 aliphatic rings. The van der Waals surface area contributed by atoms with E-state index in [9.17, 15) is 0 Å². The van der Waals surface area contributed by atoms with E-state index in [1.54, 1.807) is 14.2 Å². The van der Waals surface area contributed by atoms with Gasteiger partial charge in [0, 0.05) is 45.9 Å². The zero-order chi connectivity index (χ0) is 14.1. The van der Waals surface area contributed by atoms with Crippen LogP contribution in [-0.4, -0.2) is 45.2 Å². The summed E-state index contributed by atoms with van der Waals surface area (Å²) in [7, 11) is 5.48. The fourth-order valence-electron chi connectivity index (χ4n) is 1.76. The van der Waals surface area contributed by atoms with Crippen molar-refractivity contribution in [1.29, 1.82) is 0 Å². The quantitative estimate of drug-likeness (QED) is 0.495. The van der Waals surface area contributed by atoms with Crippen LogP contribution in [0.3, 0.4) is 0 Å². The molecule has 0 radical (unpaired) electrons. The summed E-state index contributed by atoms with van der Waals surface area (Å²) in [6, 6.07) is 7.85. The van der Waals surface area contributed by atoms with Crippen LogP contribution in [0.5, 0.6) is 0 Å². The molecule has 19 heavy (non-hydrogen) atoms. The first kappa shape index (κ1) is 15.8. The van der Waals surface area contributed by atoms with Crippen LogP contribution in [0.15, 0.2) is 29.3 Å². The maximum absolute atomic E-state index is 6.16. The van der Waals surface area contributed by atoms with Gasteiger partial charge in [-0.15, -0.1) is 0 Å². The summed E-state index contributed by atoms with van der Waals surface area (Å²) in [6.07, 6.45) is 0.954. The number of nitrogens with one attached hydrogen (secondary N) is 1. The highest BCUT2D eigenvalue weighted by molar-refractivity contribution is 6.31. The van der Waals surface area contributed by atoms with E-state index in [1.165, 1.54) is 0 Å². The second-order valence-electron chi connectivity index (χ2n) is 4.27. The van der Waals surface area contributed by atoms with Gasteiger partial charge >= 0.3 is 0 Å². The zero-order valence-electron chi connectivity index (χ0n) is 11.8. The van der Waals surface area contributed by atoms with E-state index >= 15 is 0 Å². The second kappa shape index (κ2) is 8.77. The number of aliphatic imine (C=N–C) groups is 1. The summed E-state index contributed by atoms with van der Waals surface area (Å²) in [5.41, 5.74) is 1.09. The molecule has 0 saturated heterocycles. The number of benzene rings is 1. The molecule has 1 aromatic rings. The van der Waals surface area contributed by atoms with Crippen LogP contribution < -0.4 is 5.32 Å². The molecule has 0 aromatic heterocycles. The molecule has 0 aliphatic carbocycles. The van der Waals surface area contributed by atoms with E-state index in [1.807, 2.05) is 36.2 Å². The molecule has 0 heterocycles. The topological polar surface area (TPSA) is 36.9 Å². The number of nitrogens with zero attached hydrogens (tertiary/aromatic N) is 2. The van der Waals surface area contributed by atoms with E-state index < -0.39 is 0 Å². The first-order valence-electron chi connectivity index (χ1n) is 6.33. The van der Waals surface area contributed by atoms with Crippen molar-refractivity contribution in [1.82, 2.24) is 10.2 Å². The minimum Gasteiger partial charge on any atom is -0.385 e. The van der Waals surface area contributed by atoms with Gasteiger partial charge in [0.2, 0.25) is 0 Å². The normalized spacial score (nSPS) is 11.5. The molecular formula is C14H22ClN3O. The van der Waals surface area contributed by atoms with Gasteiger partial charge in [0.15, 0.2) is 5.96 Å². The molecule has 0 fully saturated rings. The van der Waals surface area contributed by atoms with Crippen LogP contribution in [-0.2, 0) is 11.3 Å². The van der Waals surface area contributed by atoms with Crippen molar-refractivity contribution < 1.29 is 4.74 Å². The van der Waals surface area contributed by atoms with Crippen molar-refractivity contribution in [2.75, 3.05) is 34.4 Å². The Morgan fingerprint density at radius 3 is 2.79 bits per heavy atom. The van der Waals surface area contributed by atoms with Crippen LogP contribution in [0.25, 0.3) is 0 Å². The van der Waals surface area contributed by atoms with Gasteiger partial charge < -0.3 is 15.0 Å². The number of ether oxygens (including phenoxy) is 1. The average molecular weight is 284 g/mol. The molecule has 0 aliphatic heterocycles. The fraction of sp³-hybridized carbons (Fsp3) is 0.500. The molecule has 0 saturated carbocycles. The molecule has 0 unspecified atom stereocenters. The maximum atomic E-state index is 6.16. The van der Waals surface area contributed by atoms with E-state index in [4.69, 9.17) is 16.3 Å². The van der Waals surface area contributed by atoms with Gasteiger partial charge in [-0.2, -0.15) is 0 Å². The summed E-state index contributed by atoms with van der Waals surface area (Å²) in [6.45, 7) is 2.31. The predicted molar refractivity (Wildman–Crippen MR) is 80.8 cm³/mol. The minimum atomic E-state index is 0.726. The second-order valence-corrected chi connectivity index (χ2v) is 4.68. The van der Waals surface area contributed by atoms with E-state index in [0.717, 1.165) is 42.7 Å². The van der Waals surface area contributed by atoms with Crippen LogP contribution in [0.2, 0.25) is 5.02 Å². The first-order chi connectivity index (χ1) is 9.19. The lowest BCUT2D eigenvalue weighted by molar-refractivity contribution is 0.195. The number of hydrogen-bond acceptors (Lipinski definition) is 2. The van der Waals surface area contributed by atoms with Gasteiger partial charge in [-0.05, 0) is 18.1 Å². The number of rotatable bonds is 6. The third-order valence-corrected chi connectivity index (χ3v) is 3.12. The molecule has 0 atom stereocenters. The summed E-state index contributed by atoms with van der Waals surface area (Å²) < 4.78 is 5.02. The summed E-state index contributed by atoms with van der Waals surface area (Å²) >= 11 is 6.16. The summed E-state index contributed by atoms with van der Waals surface area (Å²) in [5, 5.41) is 4.08. The molecule has 0 spiro atoms. The molecule has 1 rings (SSSR count). The first-order valence-corrected chi connectivity index (χ1v) is 6.71. The Bertz CT molecular complexity index is 409. The van der Waals surface area contributed by atoms with E-state index in [2.05, 4.69) is 10.3 Å². The molecule has 0 bridgehead atoms. The van der Waals surface area contributed by atoms with Crippen LogP contribution in [0.4, 0.5) is 0 Å². The molecule has 4 nitrogen and oxygen atoms in total. The molecule has 0 amide bonds. The Morgan fingerprint density at radius 1 is 1.42 bits per heavy atom. The van der Waals surface area contributed by atoms with E-state index in [0.29, 0.717) is 0 Å². The Morgan fingerprint density at radius 2 is 2.16 bits per heavy atom. The van der Waals surface area contributed by atoms with E-state index in [-0.39, 0.29) is 0 Å². The predicted octanol–water partition coefficient (Wildman–Crippen LogP) is 2.38. The SMILES string of the molecule is CN=C(NCCCOC)N(C)Cc1ccccc1Cl. The van der Waals surface area contributed by atoms with Gasteiger partial charge in [-0.3, -0.25) is 4.99 Å². The van der Waals surface area contributed by atoms with Gasteiger partial charge in [0.25, 0.3) is 0 Å². The lowest BCUT2D eigenvalue weighted by Gasteiger charge is -2.22. The smallest absolute Gasteiger partial charge is 0.193 e. The highest BCUT2D eigenvalue weighted by Crippen LogP contribution is 2.16. The largest absolute Gasteiger partial charge is 0.385 e. The number of hydrogen-bond donors (Lipinski definition) is 1. The Balaban J connectivity index is 2.50. The number of guanidine groups is 1. The summed E-state index contributed by atoms with van der Waals surface area (Å²) in [4.78, 5) is 6.31. The standard InChI is InChI=1S/C14H22ClN3O/c1-16-14(17-9-6-10-19-3)18(2)11-12-7-4-5-8-13(12)15/h4-5,7-8H,6,9-11H2,1-3H3,(H,16,17). The highest BCUT2D eigenvalue weighted by Gasteiger charge is 2.07. The van der Waals surface area contributed by atoms with Crippen LogP contribution in [0, 0.1) is 0 Å². The molecule has 106 valence electrons. The lowest BCUT2D eigenvalue weighted by Crippen LogP contribution is -2.39. The van der Waals surface area contributed by atoms with Gasteiger partial charge in [0.05, 0.1) is 0 Å². The molecule has 5 heteroatoms. The van der Waals surface area contributed by atoms with Crippen molar-refractivity contribution >= 4 is 17.6 Å². The van der Waals surface area contributed by atoms with Crippen molar-refractivity contribution in [3.8, 4) is 0 Å². The van der Waals surface area contributed by atoms with Crippen molar-refractivity contribution in [2.24, 2.45) is 4.99 Å². The van der Waals surface area contributed by atoms with Crippen LogP contribution in [0.1, 0.15) is 12.0 Å². The minimum absolute atomic E-state index is 0.726. The zero-order valence-corrected chi connectivity index (χ0v) is 12.6. The Hall–Kier alpha value is -1.26. The lowest BCUT2D eigenvalue weighted by atomic mass is 10.2. The third kappa shape index (κ3) is 5.49. The molecule has 1 aromatic carbocycles. The van der Waals surface area contributed by atoms with Gasteiger partial charge in [0.1, 0.15) is 0 Å². The highest BCUT2D eigenvalue weighted by atomic mass is 35.5. The summed E-state index contributed by atoms with van der Waals surface area (Å²) in [5.74, 6) is 0.857. The third-order valence-electron chi connectivity index (χ3n) is 2.75.